The van der Waals surface area contributed by atoms with Gasteiger partial charge >= 0.3 is 6.03 Å². The van der Waals surface area contributed by atoms with Gasteiger partial charge in [-0.05, 0) is 38.8 Å². The summed E-state index contributed by atoms with van der Waals surface area (Å²) in [4.78, 5) is 24.1. The molecule has 0 aromatic heterocycles. The molecule has 1 fully saturated rings. The molecule has 3 N–H and O–H groups in total. The lowest BCUT2D eigenvalue weighted by Gasteiger charge is -2.23. The summed E-state index contributed by atoms with van der Waals surface area (Å²) in [6.45, 7) is 4.16. The van der Waals surface area contributed by atoms with Crippen LogP contribution in [0.25, 0.3) is 0 Å². The van der Waals surface area contributed by atoms with Crippen LogP contribution < -0.4 is 20.7 Å². The molecule has 1 aliphatic carbocycles. The molecule has 1 saturated carbocycles. The second kappa shape index (κ2) is 9.15. The number of carbonyl (C=O) groups excluding carboxylic acids is 2. The Morgan fingerprint density at radius 3 is 2.62 bits per heavy atom. The van der Waals surface area contributed by atoms with E-state index < -0.39 is 12.1 Å². The number of carbonyl (C=O) groups is 2. The number of amides is 3. The van der Waals surface area contributed by atoms with Gasteiger partial charge in [0.1, 0.15) is 11.8 Å². The standard InChI is InChI=1S/C18H27N3O3/c1-3-24-16-12-8-7-11-15(16)19-13(2)17(22)21-18(23)20-14-9-5-4-6-10-14/h7-8,11-14,19H,3-6,9-10H2,1-2H3,(H2,20,21,22,23)/t13-/m1/s1. The van der Waals surface area contributed by atoms with Gasteiger partial charge in [-0.3, -0.25) is 10.1 Å². The molecule has 0 saturated heterocycles. The summed E-state index contributed by atoms with van der Waals surface area (Å²) in [7, 11) is 0. The van der Waals surface area contributed by atoms with Crippen LogP contribution in [0.2, 0.25) is 0 Å². The van der Waals surface area contributed by atoms with Crippen LogP contribution >= 0.6 is 0 Å². The lowest BCUT2D eigenvalue weighted by atomic mass is 9.96. The predicted octanol–water partition coefficient (Wildman–Crippen LogP) is 3.04. The first-order chi connectivity index (χ1) is 11.6. The molecule has 1 aliphatic rings. The van der Waals surface area contributed by atoms with Crippen molar-refractivity contribution in [3.8, 4) is 5.75 Å². The molecule has 0 aliphatic heterocycles. The molecule has 0 heterocycles. The first kappa shape index (κ1) is 18.1. The van der Waals surface area contributed by atoms with Crippen molar-refractivity contribution >= 4 is 17.6 Å². The molecule has 0 radical (unpaired) electrons. The van der Waals surface area contributed by atoms with Gasteiger partial charge in [-0.25, -0.2) is 4.79 Å². The highest BCUT2D eigenvalue weighted by atomic mass is 16.5. The van der Waals surface area contributed by atoms with E-state index in [0.29, 0.717) is 12.4 Å². The molecule has 6 nitrogen and oxygen atoms in total. The first-order valence-corrected chi connectivity index (χ1v) is 8.70. The van der Waals surface area contributed by atoms with E-state index in [1.54, 1.807) is 6.92 Å². The highest BCUT2D eigenvalue weighted by Crippen LogP contribution is 2.24. The Morgan fingerprint density at radius 1 is 1.21 bits per heavy atom. The topological polar surface area (TPSA) is 79.5 Å². The van der Waals surface area contributed by atoms with Gasteiger partial charge in [0, 0.05) is 6.04 Å². The van der Waals surface area contributed by atoms with E-state index in [2.05, 4.69) is 16.0 Å². The zero-order chi connectivity index (χ0) is 17.4. The van der Waals surface area contributed by atoms with E-state index in [1.165, 1.54) is 6.42 Å². The normalized spacial score (nSPS) is 16.1. The van der Waals surface area contributed by atoms with Crippen molar-refractivity contribution in [3.63, 3.8) is 0 Å². The van der Waals surface area contributed by atoms with Crippen LogP contribution in [0.5, 0.6) is 5.75 Å². The Balaban J connectivity index is 1.84. The fourth-order valence-electron chi connectivity index (χ4n) is 2.85. The molecular formula is C18H27N3O3. The maximum atomic E-state index is 12.2. The fourth-order valence-corrected chi connectivity index (χ4v) is 2.85. The van der Waals surface area contributed by atoms with Gasteiger partial charge in [-0.1, -0.05) is 31.4 Å². The maximum absolute atomic E-state index is 12.2. The zero-order valence-corrected chi connectivity index (χ0v) is 14.4. The van der Waals surface area contributed by atoms with Crippen molar-refractivity contribution in [2.24, 2.45) is 0 Å². The Kier molecular flexibility index (Phi) is 6.90. The summed E-state index contributed by atoms with van der Waals surface area (Å²) in [5.74, 6) is 0.320. The SMILES string of the molecule is CCOc1ccccc1N[C@H](C)C(=O)NC(=O)NC1CCCCC1. The van der Waals surface area contributed by atoms with E-state index in [9.17, 15) is 9.59 Å². The third-order valence-electron chi connectivity index (χ3n) is 4.13. The van der Waals surface area contributed by atoms with Crippen molar-refractivity contribution < 1.29 is 14.3 Å². The second-order valence-corrected chi connectivity index (χ2v) is 6.09. The highest BCUT2D eigenvalue weighted by Gasteiger charge is 2.20. The van der Waals surface area contributed by atoms with Crippen LogP contribution in [0.1, 0.15) is 46.0 Å². The molecule has 6 heteroatoms. The quantitative estimate of drug-likeness (QED) is 0.747. The summed E-state index contributed by atoms with van der Waals surface area (Å²) in [5.41, 5.74) is 0.731. The minimum atomic E-state index is -0.552. The number of ether oxygens (including phenoxy) is 1. The van der Waals surface area contributed by atoms with Gasteiger partial charge < -0.3 is 15.4 Å². The van der Waals surface area contributed by atoms with Gasteiger partial charge in [-0.15, -0.1) is 0 Å². The lowest BCUT2D eigenvalue weighted by molar-refractivity contribution is -0.120. The molecule has 0 unspecified atom stereocenters. The summed E-state index contributed by atoms with van der Waals surface area (Å²) in [6.07, 6.45) is 5.45. The largest absolute Gasteiger partial charge is 0.492 e. The summed E-state index contributed by atoms with van der Waals surface area (Å²) >= 11 is 0. The van der Waals surface area contributed by atoms with Crippen LogP contribution in [-0.4, -0.2) is 30.6 Å². The molecule has 24 heavy (non-hydrogen) atoms. The molecule has 2 rings (SSSR count). The molecule has 1 aromatic rings. The molecule has 1 aromatic carbocycles. The van der Waals surface area contributed by atoms with E-state index in [0.717, 1.165) is 31.4 Å². The number of para-hydroxylation sites is 2. The second-order valence-electron chi connectivity index (χ2n) is 6.09. The predicted molar refractivity (Wildman–Crippen MR) is 94.2 cm³/mol. The van der Waals surface area contributed by atoms with Gasteiger partial charge in [0.2, 0.25) is 5.91 Å². The van der Waals surface area contributed by atoms with Crippen LogP contribution in [0.3, 0.4) is 0 Å². The average Bonchev–Trinajstić information content (AvgIpc) is 2.57. The third kappa shape index (κ3) is 5.44. The molecule has 1 atom stereocenters. The third-order valence-corrected chi connectivity index (χ3v) is 4.13. The Hall–Kier alpha value is -2.24. The van der Waals surface area contributed by atoms with E-state index in [-0.39, 0.29) is 11.9 Å². The van der Waals surface area contributed by atoms with Crippen molar-refractivity contribution in [1.82, 2.24) is 10.6 Å². The number of hydrogen-bond acceptors (Lipinski definition) is 4. The zero-order valence-electron chi connectivity index (χ0n) is 14.4. The van der Waals surface area contributed by atoms with E-state index >= 15 is 0 Å². The summed E-state index contributed by atoms with van der Waals surface area (Å²) in [5, 5.41) is 8.37. The minimum Gasteiger partial charge on any atom is -0.492 e. The van der Waals surface area contributed by atoms with Crippen LogP contribution in [0.4, 0.5) is 10.5 Å². The average molecular weight is 333 g/mol. The summed E-state index contributed by atoms with van der Waals surface area (Å²) in [6, 6.07) is 6.63. The van der Waals surface area contributed by atoms with Gasteiger partial charge in [0.05, 0.1) is 12.3 Å². The number of benzene rings is 1. The van der Waals surface area contributed by atoms with Crippen molar-refractivity contribution in [2.45, 2.75) is 58.0 Å². The highest BCUT2D eigenvalue weighted by molar-refractivity contribution is 5.98. The number of hydrogen-bond donors (Lipinski definition) is 3. The van der Waals surface area contributed by atoms with E-state index in [4.69, 9.17) is 4.74 Å². The fraction of sp³-hybridized carbons (Fsp3) is 0.556. The molecule has 0 spiro atoms. The number of rotatable bonds is 6. The Morgan fingerprint density at radius 2 is 1.92 bits per heavy atom. The van der Waals surface area contributed by atoms with Gasteiger partial charge in [0.15, 0.2) is 0 Å². The van der Waals surface area contributed by atoms with Crippen LogP contribution in [0, 0.1) is 0 Å². The summed E-state index contributed by atoms with van der Waals surface area (Å²) < 4.78 is 5.53. The van der Waals surface area contributed by atoms with Crippen molar-refractivity contribution in [1.29, 1.82) is 0 Å². The smallest absolute Gasteiger partial charge is 0.321 e. The molecule has 0 bridgehead atoms. The van der Waals surface area contributed by atoms with E-state index in [1.807, 2.05) is 31.2 Å². The first-order valence-electron chi connectivity index (χ1n) is 8.70. The Labute approximate surface area is 143 Å². The van der Waals surface area contributed by atoms with Gasteiger partial charge in [0.25, 0.3) is 0 Å². The number of imide groups is 1. The van der Waals surface area contributed by atoms with Gasteiger partial charge in [-0.2, -0.15) is 0 Å². The maximum Gasteiger partial charge on any atom is 0.321 e. The van der Waals surface area contributed by atoms with Crippen molar-refractivity contribution in [2.75, 3.05) is 11.9 Å². The number of urea groups is 1. The van der Waals surface area contributed by atoms with Crippen LogP contribution in [0.15, 0.2) is 24.3 Å². The minimum absolute atomic E-state index is 0.175. The Bertz CT molecular complexity index is 556. The molecular weight excluding hydrogens is 306 g/mol. The number of nitrogens with one attached hydrogen (secondary N) is 3. The number of anilines is 1. The molecule has 3 amide bonds. The van der Waals surface area contributed by atoms with Crippen LogP contribution in [-0.2, 0) is 4.79 Å². The lowest BCUT2D eigenvalue weighted by Crippen LogP contribution is -2.49. The monoisotopic (exact) mass is 333 g/mol. The molecule has 132 valence electrons. The van der Waals surface area contributed by atoms with Crippen molar-refractivity contribution in [3.05, 3.63) is 24.3 Å².